The summed E-state index contributed by atoms with van der Waals surface area (Å²) in [5, 5.41) is 1.72. The number of aromatic nitrogens is 1. The number of alkyl halides is 3. The van der Waals surface area contributed by atoms with Gasteiger partial charge in [0, 0.05) is 29.1 Å². The Labute approximate surface area is 191 Å². The van der Waals surface area contributed by atoms with E-state index in [1.165, 1.54) is 35.6 Å². The van der Waals surface area contributed by atoms with Crippen LogP contribution >= 0.6 is 22.9 Å². The molecule has 0 amide bonds. The number of rotatable bonds is 4. The summed E-state index contributed by atoms with van der Waals surface area (Å²) in [6.07, 6.45) is -4.40. The van der Waals surface area contributed by atoms with Gasteiger partial charge >= 0.3 is 6.18 Å². The highest BCUT2D eigenvalue weighted by Gasteiger charge is 2.40. The number of anilines is 1. The second-order valence-electron chi connectivity index (χ2n) is 7.40. The molecule has 0 saturated carbocycles. The van der Waals surface area contributed by atoms with Crippen molar-refractivity contribution in [2.75, 3.05) is 18.0 Å². The molecule has 0 spiro atoms. The molecule has 2 aromatic carbocycles. The van der Waals surface area contributed by atoms with E-state index >= 15 is 0 Å². The molecule has 0 unspecified atom stereocenters. The molecule has 32 heavy (non-hydrogen) atoms. The SMILES string of the molecule is O=S(=O)(c1ccccc1C(F)(F)F)C1CCN(c2nc(-c3cc(F)cc(Cl)c3)cs2)CC1. The van der Waals surface area contributed by atoms with Crippen LogP contribution in [0.1, 0.15) is 18.4 Å². The first-order chi connectivity index (χ1) is 15.1. The van der Waals surface area contributed by atoms with Crippen molar-refractivity contribution in [2.24, 2.45) is 0 Å². The van der Waals surface area contributed by atoms with Crippen LogP contribution in [0.3, 0.4) is 0 Å². The van der Waals surface area contributed by atoms with Crippen molar-refractivity contribution in [3.05, 3.63) is 64.2 Å². The van der Waals surface area contributed by atoms with Gasteiger partial charge in [-0.25, -0.2) is 17.8 Å². The van der Waals surface area contributed by atoms with Gasteiger partial charge in [-0.05, 0) is 43.2 Å². The maximum atomic E-state index is 13.6. The molecule has 2 heterocycles. The van der Waals surface area contributed by atoms with Crippen molar-refractivity contribution in [2.45, 2.75) is 29.2 Å². The molecule has 0 N–H and O–H groups in total. The normalized spacial score (nSPS) is 15.8. The van der Waals surface area contributed by atoms with Crippen molar-refractivity contribution in [1.82, 2.24) is 4.98 Å². The molecular formula is C21H17ClF4N2O2S2. The molecule has 0 radical (unpaired) electrons. The third-order valence-electron chi connectivity index (χ3n) is 5.30. The number of thiazole rings is 1. The van der Waals surface area contributed by atoms with Crippen LogP contribution in [0.25, 0.3) is 11.3 Å². The molecule has 170 valence electrons. The van der Waals surface area contributed by atoms with Crippen LogP contribution in [0.15, 0.2) is 52.7 Å². The largest absolute Gasteiger partial charge is 0.417 e. The van der Waals surface area contributed by atoms with Crippen molar-refractivity contribution in [1.29, 1.82) is 0 Å². The minimum Gasteiger partial charge on any atom is -0.348 e. The standard InChI is InChI=1S/C21H17ClF4N2O2S2/c22-14-9-13(10-15(23)11-14)18-12-31-20(27-18)28-7-5-16(6-8-28)32(29,30)19-4-2-1-3-17(19)21(24,25)26/h1-4,9-12,16H,5-8H2. The van der Waals surface area contributed by atoms with Gasteiger partial charge in [-0.3, -0.25) is 0 Å². The van der Waals surface area contributed by atoms with Gasteiger partial charge in [-0.1, -0.05) is 23.7 Å². The summed E-state index contributed by atoms with van der Waals surface area (Å²) >= 11 is 7.23. The van der Waals surface area contributed by atoms with Crippen LogP contribution in [-0.2, 0) is 16.0 Å². The van der Waals surface area contributed by atoms with E-state index in [1.807, 2.05) is 4.90 Å². The zero-order valence-electron chi connectivity index (χ0n) is 16.4. The Morgan fingerprint density at radius 1 is 1.09 bits per heavy atom. The number of sulfone groups is 1. The van der Waals surface area contributed by atoms with E-state index < -0.39 is 37.5 Å². The minimum atomic E-state index is -4.75. The summed E-state index contributed by atoms with van der Waals surface area (Å²) in [5.74, 6) is -0.479. The van der Waals surface area contributed by atoms with Crippen LogP contribution < -0.4 is 4.90 Å². The smallest absolute Gasteiger partial charge is 0.348 e. The first-order valence-electron chi connectivity index (χ1n) is 9.63. The molecule has 1 aliphatic rings. The highest BCUT2D eigenvalue weighted by atomic mass is 35.5. The highest BCUT2D eigenvalue weighted by molar-refractivity contribution is 7.92. The maximum absolute atomic E-state index is 13.6. The van der Waals surface area contributed by atoms with Crippen molar-refractivity contribution < 1.29 is 26.0 Å². The second kappa shape index (κ2) is 8.64. The Balaban J connectivity index is 1.50. The zero-order valence-corrected chi connectivity index (χ0v) is 18.8. The predicted octanol–water partition coefficient (Wildman–Crippen LogP) is 6.06. The van der Waals surface area contributed by atoms with Gasteiger partial charge in [-0.2, -0.15) is 13.2 Å². The van der Waals surface area contributed by atoms with Gasteiger partial charge in [-0.15, -0.1) is 11.3 Å². The zero-order chi connectivity index (χ0) is 23.1. The summed E-state index contributed by atoms with van der Waals surface area (Å²) in [6, 6.07) is 8.39. The molecule has 1 aromatic heterocycles. The number of nitrogens with zero attached hydrogens (tertiary/aromatic N) is 2. The van der Waals surface area contributed by atoms with E-state index in [9.17, 15) is 26.0 Å². The molecule has 4 nitrogen and oxygen atoms in total. The molecular weight excluding hydrogens is 488 g/mol. The van der Waals surface area contributed by atoms with Crippen LogP contribution in [0, 0.1) is 5.82 Å². The van der Waals surface area contributed by atoms with E-state index in [4.69, 9.17) is 11.6 Å². The summed E-state index contributed by atoms with van der Waals surface area (Å²) in [5.41, 5.74) is -0.0697. The predicted molar refractivity (Wildman–Crippen MR) is 116 cm³/mol. The van der Waals surface area contributed by atoms with Gasteiger partial charge in [0.1, 0.15) is 5.82 Å². The summed E-state index contributed by atoms with van der Waals surface area (Å²) < 4.78 is 79.5. The number of hydrogen-bond donors (Lipinski definition) is 0. The quantitative estimate of drug-likeness (QED) is 0.405. The topological polar surface area (TPSA) is 50.3 Å². The van der Waals surface area contributed by atoms with Crippen molar-refractivity contribution >= 4 is 37.9 Å². The van der Waals surface area contributed by atoms with Crippen molar-refractivity contribution in [3.63, 3.8) is 0 Å². The van der Waals surface area contributed by atoms with Crippen molar-refractivity contribution in [3.8, 4) is 11.3 Å². The first-order valence-corrected chi connectivity index (χ1v) is 12.4. The van der Waals surface area contributed by atoms with Gasteiger partial charge in [0.2, 0.25) is 0 Å². The molecule has 4 rings (SSSR count). The fourth-order valence-corrected chi connectivity index (χ4v) is 6.79. The van der Waals surface area contributed by atoms with E-state index in [0.29, 0.717) is 29.5 Å². The number of hydrogen-bond acceptors (Lipinski definition) is 5. The molecule has 11 heteroatoms. The fraction of sp³-hybridized carbons (Fsp3) is 0.286. The minimum absolute atomic E-state index is 0.176. The van der Waals surface area contributed by atoms with E-state index in [-0.39, 0.29) is 17.9 Å². The molecule has 0 atom stereocenters. The molecule has 3 aromatic rings. The highest BCUT2D eigenvalue weighted by Crippen LogP contribution is 2.37. The average molecular weight is 505 g/mol. The Morgan fingerprint density at radius 3 is 2.44 bits per heavy atom. The summed E-state index contributed by atoms with van der Waals surface area (Å²) in [6.45, 7) is 0.657. The first kappa shape index (κ1) is 23.0. The fourth-order valence-electron chi connectivity index (χ4n) is 3.73. The molecule has 0 bridgehead atoms. The van der Waals surface area contributed by atoms with Gasteiger partial charge in [0.25, 0.3) is 0 Å². The monoisotopic (exact) mass is 504 g/mol. The number of benzene rings is 2. The van der Waals surface area contributed by atoms with E-state index in [2.05, 4.69) is 4.98 Å². The molecule has 1 aliphatic heterocycles. The number of piperidine rings is 1. The Kier molecular flexibility index (Phi) is 6.21. The second-order valence-corrected chi connectivity index (χ2v) is 10.9. The maximum Gasteiger partial charge on any atom is 0.417 e. The molecule has 0 aliphatic carbocycles. The van der Waals surface area contributed by atoms with E-state index in [1.54, 1.807) is 11.4 Å². The van der Waals surface area contributed by atoms with Crippen LogP contribution in [0.4, 0.5) is 22.7 Å². The van der Waals surface area contributed by atoms with Crippen LogP contribution in [0.2, 0.25) is 5.02 Å². The number of halogens is 5. The Bertz CT molecular complexity index is 1220. The van der Waals surface area contributed by atoms with Gasteiger partial charge in [0.15, 0.2) is 15.0 Å². The lowest BCUT2D eigenvalue weighted by atomic mass is 10.1. The Morgan fingerprint density at radius 2 is 1.78 bits per heavy atom. The van der Waals surface area contributed by atoms with Gasteiger partial charge < -0.3 is 4.90 Å². The lowest BCUT2D eigenvalue weighted by Crippen LogP contribution is -2.39. The Hall–Kier alpha value is -2.17. The lowest BCUT2D eigenvalue weighted by molar-refractivity contribution is -0.139. The third-order valence-corrected chi connectivity index (χ3v) is 8.74. The molecule has 1 saturated heterocycles. The summed E-state index contributed by atoms with van der Waals surface area (Å²) in [4.78, 5) is 5.71. The van der Waals surface area contributed by atoms with Gasteiger partial charge in [0.05, 0.1) is 21.4 Å². The van der Waals surface area contributed by atoms with Crippen LogP contribution in [0.5, 0.6) is 0 Å². The molecule has 1 fully saturated rings. The lowest BCUT2D eigenvalue weighted by Gasteiger charge is -2.31. The summed E-state index contributed by atoms with van der Waals surface area (Å²) in [7, 11) is -4.15. The van der Waals surface area contributed by atoms with E-state index in [0.717, 1.165) is 12.1 Å². The third kappa shape index (κ3) is 4.62. The van der Waals surface area contributed by atoms with Crippen LogP contribution in [-0.4, -0.2) is 31.7 Å². The average Bonchev–Trinajstić information content (AvgIpc) is 3.23.